The number of carbonyl (C=O) groups excluding carboxylic acids is 3. The molecule has 33 heavy (non-hydrogen) atoms. The molecule has 0 bridgehead atoms. The number of ether oxygens (including phenoxy) is 1. The van der Waals surface area contributed by atoms with Crippen LogP contribution < -0.4 is 22.1 Å². The normalized spacial score (nSPS) is 16.6. The number of nitrogens with one attached hydrogen (secondary N) is 2. The summed E-state index contributed by atoms with van der Waals surface area (Å²) in [6.45, 7) is 0.483. The number of aliphatic hydroxyl groups excluding tert-OH is 4. The van der Waals surface area contributed by atoms with Crippen LogP contribution in [0.15, 0.2) is 0 Å². The van der Waals surface area contributed by atoms with Gasteiger partial charge in [-0.05, 0) is 45.1 Å². The summed E-state index contributed by atoms with van der Waals surface area (Å²) in [7, 11) is 1.21. The fraction of sp³-hybridized carbons (Fsp3) is 0.789. The number of unbranched alkanes of at least 4 members (excludes halogenated alkanes) is 2. The van der Waals surface area contributed by atoms with Crippen LogP contribution in [0.5, 0.6) is 0 Å². The summed E-state index contributed by atoms with van der Waals surface area (Å²) >= 11 is 0. The van der Waals surface area contributed by atoms with Crippen molar-refractivity contribution >= 4 is 23.8 Å². The molecule has 0 heterocycles. The molecule has 0 saturated heterocycles. The standard InChI is InChI=1S/C19H36N4O10/c1-33-19(32)11(7-2-4-8-20)23-16(28)10(21)6-3-5-9-22-17(29)14(26)12(24)13(25)15(27)18(30)31/h10-15,24-27H,2-9,20-21H2,1H3,(H,22,29)(H,23,28)(H,30,31)/t10?,11-,12-,13+,14+,15-/m0/s1. The van der Waals surface area contributed by atoms with Crippen molar-refractivity contribution in [1.29, 1.82) is 0 Å². The quantitative estimate of drug-likeness (QED) is 0.0711. The highest BCUT2D eigenvalue weighted by atomic mass is 16.5. The highest BCUT2D eigenvalue weighted by Gasteiger charge is 2.37. The van der Waals surface area contributed by atoms with E-state index < -0.39 is 60.3 Å². The number of carboxylic acid groups (broad SMARTS) is 1. The van der Waals surface area contributed by atoms with Crippen LogP contribution in [-0.4, -0.2) is 106 Å². The monoisotopic (exact) mass is 480 g/mol. The van der Waals surface area contributed by atoms with Crippen LogP contribution in [-0.2, 0) is 23.9 Å². The van der Waals surface area contributed by atoms with Crippen molar-refractivity contribution in [3.05, 3.63) is 0 Å². The molecule has 0 radical (unpaired) electrons. The largest absolute Gasteiger partial charge is 0.479 e. The second-order valence-electron chi connectivity index (χ2n) is 7.47. The summed E-state index contributed by atoms with van der Waals surface area (Å²) in [4.78, 5) is 46.4. The minimum absolute atomic E-state index is 0.0262. The highest BCUT2D eigenvalue weighted by molar-refractivity contribution is 5.87. The minimum atomic E-state index is -2.38. The van der Waals surface area contributed by atoms with Gasteiger partial charge in [0.25, 0.3) is 5.91 Å². The molecule has 0 aliphatic heterocycles. The summed E-state index contributed by atoms with van der Waals surface area (Å²) in [5, 5.41) is 51.3. The maximum Gasteiger partial charge on any atom is 0.335 e. The first-order chi connectivity index (χ1) is 15.5. The number of aliphatic hydroxyl groups is 4. The summed E-state index contributed by atoms with van der Waals surface area (Å²) in [6.07, 6.45) is -6.41. The fourth-order valence-corrected chi connectivity index (χ4v) is 2.77. The van der Waals surface area contributed by atoms with E-state index >= 15 is 0 Å². The molecule has 0 aromatic carbocycles. The Labute approximate surface area is 191 Å². The third-order valence-corrected chi connectivity index (χ3v) is 4.85. The molecule has 0 aliphatic carbocycles. The van der Waals surface area contributed by atoms with Crippen molar-refractivity contribution < 1.29 is 49.4 Å². The summed E-state index contributed by atoms with van der Waals surface area (Å²) < 4.78 is 4.67. The van der Waals surface area contributed by atoms with Crippen molar-refractivity contribution in [3.8, 4) is 0 Å². The highest BCUT2D eigenvalue weighted by Crippen LogP contribution is 2.07. The van der Waals surface area contributed by atoms with Crippen LogP contribution in [0.1, 0.15) is 38.5 Å². The van der Waals surface area contributed by atoms with Crippen molar-refractivity contribution in [3.63, 3.8) is 0 Å². The third kappa shape index (κ3) is 11.4. The number of aliphatic carboxylic acids is 1. The number of carbonyl (C=O) groups is 4. The molecule has 14 nitrogen and oxygen atoms in total. The van der Waals surface area contributed by atoms with Crippen molar-refractivity contribution in [1.82, 2.24) is 10.6 Å². The Morgan fingerprint density at radius 2 is 1.45 bits per heavy atom. The fourth-order valence-electron chi connectivity index (χ4n) is 2.77. The summed E-state index contributed by atoms with van der Waals surface area (Å²) in [6, 6.07) is -1.75. The molecule has 11 N–H and O–H groups in total. The number of methoxy groups -OCH3 is 1. The Morgan fingerprint density at radius 3 is 2.00 bits per heavy atom. The SMILES string of the molecule is COC(=O)[C@H](CCCCN)NC(=O)C(N)CCCCNC(=O)[C@H](O)[C@@H](O)[C@@H](O)[C@H](O)C(=O)O. The number of hydrogen-bond donors (Lipinski definition) is 9. The predicted molar refractivity (Wildman–Crippen MR) is 113 cm³/mol. The van der Waals surface area contributed by atoms with Crippen molar-refractivity contribution in [2.75, 3.05) is 20.2 Å². The molecule has 0 saturated carbocycles. The Kier molecular flexibility index (Phi) is 15.1. The van der Waals surface area contributed by atoms with E-state index in [1.54, 1.807) is 0 Å². The summed E-state index contributed by atoms with van der Waals surface area (Å²) in [5.41, 5.74) is 11.3. The first-order valence-corrected chi connectivity index (χ1v) is 10.5. The van der Waals surface area contributed by atoms with Gasteiger partial charge in [-0.1, -0.05) is 0 Å². The number of carboxylic acids is 1. The number of hydrogen-bond acceptors (Lipinski definition) is 11. The van der Waals surface area contributed by atoms with E-state index in [1.807, 2.05) is 0 Å². The molecular weight excluding hydrogens is 444 g/mol. The molecule has 0 aromatic rings. The Morgan fingerprint density at radius 1 is 0.879 bits per heavy atom. The van der Waals surface area contributed by atoms with Gasteiger partial charge < -0.3 is 52.4 Å². The van der Waals surface area contributed by atoms with Gasteiger partial charge in [0.15, 0.2) is 12.2 Å². The maximum absolute atomic E-state index is 12.2. The second-order valence-corrected chi connectivity index (χ2v) is 7.47. The van der Waals surface area contributed by atoms with Crippen LogP contribution in [0, 0.1) is 0 Å². The Balaban J connectivity index is 4.36. The third-order valence-electron chi connectivity index (χ3n) is 4.85. The molecule has 6 atom stereocenters. The van der Waals surface area contributed by atoms with Gasteiger partial charge in [0.1, 0.15) is 18.2 Å². The minimum Gasteiger partial charge on any atom is -0.479 e. The lowest BCUT2D eigenvalue weighted by Gasteiger charge is -2.24. The van der Waals surface area contributed by atoms with E-state index in [1.165, 1.54) is 7.11 Å². The molecule has 0 fully saturated rings. The molecule has 1 unspecified atom stereocenters. The van der Waals surface area contributed by atoms with E-state index in [-0.39, 0.29) is 13.0 Å². The first-order valence-electron chi connectivity index (χ1n) is 10.5. The van der Waals surface area contributed by atoms with E-state index in [4.69, 9.17) is 21.7 Å². The average Bonchev–Trinajstić information content (AvgIpc) is 2.80. The lowest BCUT2D eigenvalue weighted by atomic mass is 10.0. The van der Waals surface area contributed by atoms with Gasteiger partial charge >= 0.3 is 11.9 Å². The van der Waals surface area contributed by atoms with Gasteiger partial charge in [-0.3, -0.25) is 9.59 Å². The van der Waals surface area contributed by atoms with Crippen molar-refractivity contribution in [2.45, 2.75) is 75.0 Å². The summed E-state index contributed by atoms with van der Waals surface area (Å²) in [5.74, 6) is -4.04. The lowest BCUT2D eigenvalue weighted by Crippen LogP contribution is -2.52. The Hall–Kier alpha value is -2.36. The zero-order valence-electron chi connectivity index (χ0n) is 18.6. The van der Waals surface area contributed by atoms with Crippen LogP contribution >= 0.6 is 0 Å². The smallest absolute Gasteiger partial charge is 0.335 e. The molecule has 0 rings (SSSR count). The topological polar surface area (TPSA) is 255 Å². The molecule has 0 aromatic heterocycles. The molecule has 0 aliphatic rings. The molecule has 0 spiro atoms. The number of amides is 2. The average molecular weight is 481 g/mol. The number of esters is 1. The molecule has 192 valence electrons. The molecule has 14 heteroatoms. The van der Waals surface area contributed by atoms with E-state index in [2.05, 4.69) is 15.4 Å². The number of rotatable bonds is 17. The van der Waals surface area contributed by atoms with Gasteiger partial charge in [-0.2, -0.15) is 0 Å². The maximum atomic E-state index is 12.2. The Bertz CT molecular complexity index is 636. The van der Waals surface area contributed by atoms with E-state index in [0.29, 0.717) is 38.6 Å². The van der Waals surface area contributed by atoms with Crippen LogP contribution in [0.25, 0.3) is 0 Å². The zero-order valence-corrected chi connectivity index (χ0v) is 18.6. The van der Waals surface area contributed by atoms with Crippen LogP contribution in [0.3, 0.4) is 0 Å². The van der Waals surface area contributed by atoms with Gasteiger partial charge in [-0.15, -0.1) is 0 Å². The van der Waals surface area contributed by atoms with Gasteiger partial charge in [-0.25, -0.2) is 9.59 Å². The zero-order chi connectivity index (χ0) is 25.6. The predicted octanol–water partition coefficient (Wildman–Crippen LogP) is -4.08. The number of nitrogens with two attached hydrogens (primary N) is 2. The van der Waals surface area contributed by atoms with E-state index in [9.17, 15) is 34.5 Å². The van der Waals surface area contributed by atoms with Crippen molar-refractivity contribution in [2.24, 2.45) is 11.5 Å². The van der Waals surface area contributed by atoms with Gasteiger partial charge in [0.05, 0.1) is 13.2 Å². The van der Waals surface area contributed by atoms with Gasteiger partial charge in [0.2, 0.25) is 5.91 Å². The second kappa shape index (κ2) is 16.3. The molecule has 2 amide bonds. The lowest BCUT2D eigenvalue weighted by molar-refractivity contribution is -0.166. The van der Waals surface area contributed by atoms with Gasteiger partial charge in [0, 0.05) is 6.54 Å². The molecular formula is C19H36N4O10. The van der Waals surface area contributed by atoms with E-state index in [0.717, 1.165) is 0 Å². The van der Waals surface area contributed by atoms with Crippen LogP contribution in [0.2, 0.25) is 0 Å². The van der Waals surface area contributed by atoms with Crippen LogP contribution in [0.4, 0.5) is 0 Å². The first kappa shape index (κ1) is 30.6.